The summed E-state index contributed by atoms with van der Waals surface area (Å²) in [6.45, 7) is 2.10. The molecule has 0 radical (unpaired) electrons. The number of hydrogen-bond acceptors (Lipinski definition) is 4. The Morgan fingerprint density at radius 1 is 1.39 bits per heavy atom. The zero-order valence-electron chi connectivity index (χ0n) is 10.7. The standard InChI is InChI=1S/C13H18N4O/c1-8-5-9(6-11(8)18)17-4-3-10-12(14-2)15-7-16-13(10)17/h3-4,7-9,11,18H,5-6H2,1-2H3,(H,14,15,16)/t8-,9+,11-/m0/s1. The van der Waals surface area contributed by atoms with Crippen LogP contribution >= 0.6 is 0 Å². The van der Waals surface area contributed by atoms with Crippen LogP contribution in [0.15, 0.2) is 18.6 Å². The lowest BCUT2D eigenvalue weighted by Gasteiger charge is -2.13. The van der Waals surface area contributed by atoms with Crippen molar-refractivity contribution in [1.29, 1.82) is 0 Å². The Labute approximate surface area is 106 Å². The van der Waals surface area contributed by atoms with Gasteiger partial charge in [-0.05, 0) is 24.8 Å². The number of aliphatic hydroxyl groups excluding tert-OH is 1. The highest BCUT2D eigenvalue weighted by atomic mass is 16.3. The highest BCUT2D eigenvalue weighted by molar-refractivity contribution is 5.87. The van der Waals surface area contributed by atoms with Crippen LogP contribution in [0.5, 0.6) is 0 Å². The highest BCUT2D eigenvalue weighted by Crippen LogP contribution is 2.36. The molecular formula is C13H18N4O. The van der Waals surface area contributed by atoms with Gasteiger partial charge in [0.15, 0.2) is 0 Å². The quantitative estimate of drug-likeness (QED) is 0.848. The summed E-state index contributed by atoms with van der Waals surface area (Å²) in [6.07, 6.45) is 5.25. The molecule has 3 atom stereocenters. The third kappa shape index (κ3) is 1.66. The van der Waals surface area contributed by atoms with Gasteiger partial charge in [0.2, 0.25) is 0 Å². The fourth-order valence-corrected chi connectivity index (χ4v) is 2.89. The van der Waals surface area contributed by atoms with Crippen molar-refractivity contribution in [2.45, 2.75) is 31.9 Å². The van der Waals surface area contributed by atoms with Gasteiger partial charge in [-0.15, -0.1) is 0 Å². The molecule has 0 saturated heterocycles. The van der Waals surface area contributed by atoms with Crippen LogP contribution in [0.3, 0.4) is 0 Å². The summed E-state index contributed by atoms with van der Waals surface area (Å²) in [5.41, 5.74) is 0.945. The van der Waals surface area contributed by atoms with Gasteiger partial charge in [-0.25, -0.2) is 9.97 Å². The summed E-state index contributed by atoms with van der Waals surface area (Å²) in [5, 5.41) is 14.0. The molecule has 2 aromatic heterocycles. The van der Waals surface area contributed by atoms with Gasteiger partial charge < -0.3 is 15.0 Å². The monoisotopic (exact) mass is 246 g/mol. The minimum absolute atomic E-state index is 0.196. The molecule has 5 nitrogen and oxygen atoms in total. The maximum Gasteiger partial charge on any atom is 0.145 e. The van der Waals surface area contributed by atoms with Crippen LogP contribution in [-0.4, -0.2) is 32.8 Å². The van der Waals surface area contributed by atoms with Gasteiger partial charge in [-0.3, -0.25) is 0 Å². The van der Waals surface area contributed by atoms with Crippen LogP contribution < -0.4 is 5.32 Å². The molecule has 18 heavy (non-hydrogen) atoms. The number of hydrogen-bond donors (Lipinski definition) is 2. The first-order valence-electron chi connectivity index (χ1n) is 6.38. The molecule has 2 aromatic rings. The lowest BCUT2D eigenvalue weighted by molar-refractivity contribution is 0.139. The van der Waals surface area contributed by atoms with Crippen molar-refractivity contribution in [3.63, 3.8) is 0 Å². The number of rotatable bonds is 2. The van der Waals surface area contributed by atoms with Crippen LogP contribution in [0.1, 0.15) is 25.8 Å². The number of nitrogens with one attached hydrogen (secondary N) is 1. The molecular weight excluding hydrogens is 228 g/mol. The number of anilines is 1. The Morgan fingerprint density at radius 2 is 2.22 bits per heavy atom. The van der Waals surface area contributed by atoms with Crippen molar-refractivity contribution in [2.75, 3.05) is 12.4 Å². The number of aromatic nitrogens is 3. The molecule has 2 N–H and O–H groups in total. The molecule has 0 unspecified atom stereocenters. The zero-order chi connectivity index (χ0) is 12.7. The summed E-state index contributed by atoms with van der Waals surface area (Å²) < 4.78 is 2.17. The van der Waals surface area contributed by atoms with E-state index < -0.39 is 0 Å². The van der Waals surface area contributed by atoms with Gasteiger partial charge in [0.25, 0.3) is 0 Å². The fourth-order valence-electron chi connectivity index (χ4n) is 2.89. The van der Waals surface area contributed by atoms with Crippen LogP contribution in [0.4, 0.5) is 5.82 Å². The predicted octanol–water partition coefficient (Wildman–Crippen LogP) is 1.80. The molecule has 1 fully saturated rings. The summed E-state index contributed by atoms with van der Waals surface area (Å²) in [5.74, 6) is 1.21. The SMILES string of the molecule is CNc1ncnc2c1ccn2[C@@H]1C[C@H](C)[C@@H](O)C1. The third-order valence-corrected chi connectivity index (χ3v) is 3.95. The number of fused-ring (bicyclic) bond motifs is 1. The van der Waals surface area contributed by atoms with Crippen LogP contribution in [0.25, 0.3) is 11.0 Å². The third-order valence-electron chi connectivity index (χ3n) is 3.95. The van der Waals surface area contributed by atoms with Crippen LogP contribution in [-0.2, 0) is 0 Å². The van der Waals surface area contributed by atoms with E-state index in [9.17, 15) is 5.11 Å². The average Bonchev–Trinajstić information content (AvgIpc) is 2.93. The summed E-state index contributed by atoms with van der Waals surface area (Å²) in [4.78, 5) is 8.58. The molecule has 2 heterocycles. The van der Waals surface area contributed by atoms with Gasteiger partial charge in [0, 0.05) is 19.3 Å². The molecule has 0 bridgehead atoms. The predicted molar refractivity (Wildman–Crippen MR) is 70.5 cm³/mol. The van der Waals surface area contributed by atoms with Crippen molar-refractivity contribution >= 4 is 16.9 Å². The highest BCUT2D eigenvalue weighted by Gasteiger charge is 2.31. The smallest absolute Gasteiger partial charge is 0.145 e. The minimum Gasteiger partial charge on any atom is -0.393 e. The molecule has 1 aliphatic rings. The van der Waals surface area contributed by atoms with Gasteiger partial charge in [-0.2, -0.15) is 0 Å². The maximum absolute atomic E-state index is 9.88. The van der Waals surface area contributed by atoms with Crippen LogP contribution in [0.2, 0.25) is 0 Å². The normalized spacial score (nSPS) is 27.8. The van der Waals surface area contributed by atoms with Crippen molar-refractivity contribution in [3.8, 4) is 0 Å². The molecule has 0 spiro atoms. The minimum atomic E-state index is -0.196. The molecule has 96 valence electrons. The van der Waals surface area contributed by atoms with E-state index in [1.807, 2.05) is 13.1 Å². The fraction of sp³-hybridized carbons (Fsp3) is 0.538. The van der Waals surface area contributed by atoms with E-state index in [1.54, 1.807) is 6.33 Å². The van der Waals surface area contributed by atoms with E-state index in [1.165, 1.54) is 0 Å². The second kappa shape index (κ2) is 4.24. The Kier molecular flexibility index (Phi) is 2.70. The first kappa shape index (κ1) is 11.5. The topological polar surface area (TPSA) is 63.0 Å². The number of nitrogens with zero attached hydrogens (tertiary/aromatic N) is 3. The Bertz CT molecular complexity index is 555. The van der Waals surface area contributed by atoms with Crippen LogP contribution in [0, 0.1) is 5.92 Å². The molecule has 3 rings (SSSR count). The van der Waals surface area contributed by atoms with Crippen molar-refractivity contribution in [2.24, 2.45) is 5.92 Å². The number of aliphatic hydroxyl groups is 1. The summed E-state index contributed by atoms with van der Waals surface area (Å²) in [6, 6.07) is 2.38. The Hall–Kier alpha value is -1.62. The first-order chi connectivity index (χ1) is 8.70. The van der Waals surface area contributed by atoms with Crippen molar-refractivity contribution in [1.82, 2.24) is 14.5 Å². The van der Waals surface area contributed by atoms with E-state index in [4.69, 9.17) is 0 Å². The lowest BCUT2D eigenvalue weighted by atomic mass is 10.1. The van der Waals surface area contributed by atoms with Crippen molar-refractivity contribution < 1.29 is 5.11 Å². The lowest BCUT2D eigenvalue weighted by Crippen LogP contribution is -2.09. The van der Waals surface area contributed by atoms with Gasteiger partial charge in [-0.1, -0.05) is 6.92 Å². The van der Waals surface area contributed by atoms with Gasteiger partial charge >= 0.3 is 0 Å². The van der Waals surface area contributed by atoms with Crippen molar-refractivity contribution in [3.05, 3.63) is 18.6 Å². The molecule has 0 aromatic carbocycles. The second-order valence-corrected chi connectivity index (χ2v) is 5.10. The first-order valence-corrected chi connectivity index (χ1v) is 6.38. The van der Waals surface area contributed by atoms with E-state index in [2.05, 4.69) is 33.0 Å². The summed E-state index contributed by atoms with van der Waals surface area (Å²) in [7, 11) is 1.86. The Morgan fingerprint density at radius 3 is 2.89 bits per heavy atom. The zero-order valence-corrected chi connectivity index (χ0v) is 10.7. The molecule has 0 amide bonds. The van der Waals surface area contributed by atoms with Gasteiger partial charge in [0.1, 0.15) is 17.8 Å². The Balaban J connectivity index is 2.03. The second-order valence-electron chi connectivity index (χ2n) is 5.10. The summed E-state index contributed by atoms with van der Waals surface area (Å²) >= 11 is 0. The maximum atomic E-state index is 9.88. The van der Waals surface area contributed by atoms with Gasteiger partial charge in [0.05, 0.1) is 11.5 Å². The van der Waals surface area contributed by atoms with E-state index >= 15 is 0 Å². The van der Waals surface area contributed by atoms with E-state index in [-0.39, 0.29) is 6.10 Å². The van der Waals surface area contributed by atoms with E-state index in [0.29, 0.717) is 12.0 Å². The average molecular weight is 246 g/mol. The molecule has 1 saturated carbocycles. The molecule has 5 heteroatoms. The largest absolute Gasteiger partial charge is 0.393 e. The van der Waals surface area contributed by atoms with E-state index in [0.717, 1.165) is 29.7 Å². The molecule has 0 aliphatic heterocycles. The molecule has 1 aliphatic carbocycles.